The van der Waals surface area contributed by atoms with E-state index in [9.17, 15) is 0 Å². The van der Waals surface area contributed by atoms with Gasteiger partial charge in [0.15, 0.2) is 0 Å². The standard InChI is InChI=1S/2C8H17N/c2*1-8-6-4-3-5-7-9(8)2/h2*8H,3-7H2,1-2H3. The molecule has 108 valence electrons. The summed E-state index contributed by atoms with van der Waals surface area (Å²) in [6.07, 6.45) is 11.4. The molecule has 0 radical (unpaired) electrons. The maximum absolute atomic E-state index is 2.47. The smallest absolute Gasteiger partial charge is 0.00638 e. The van der Waals surface area contributed by atoms with Crippen LogP contribution in [0.2, 0.25) is 0 Å². The van der Waals surface area contributed by atoms with Crippen LogP contribution in [-0.4, -0.2) is 49.1 Å². The minimum absolute atomic E-state index is 0.826. The van der Waals surface area contributed by atoms with E-state index >= 15 is 0 Å². The maximum atomic E-state index is 2.47. The third-order valence-electron chi connectivity index (χ3n) is 4.77. The van der Waals surface area contributed by atoms with Crippen molar-refractivity contribution in [2.45, 2.75) is 77.3 Å². The van der Waals surface area contributed by atoms with Gasteiger partial charge in [-0.25, -0.2) is 0 Å². The Kier molecular flexibility index (Phi) is 7.92. The highest BCUT2D eigenvalue weighted by atomic mass is 15.1. The molecule has 0 amide bonds. The Labute approximate surface area is 115 Å². The number of hydrogen-bond acceptors (Lipinski definition) is 2. The summed E-state index contributed by atoms with van der Waals surface area (Å²) < 4.78 is 0. The van der Waals surface area contributed by atoms with E-state index in [-0.39, 0.29) is 0 Å². The molecule has 0 aromatic rings. The first-order valence-corrected chi connectivity index (χ1v) is 8.01. The summed E-state index contributed by atoms with van der Waals surface area (Å²) in [5, 5.41) is 0. The van der Waals surface area contributed by atoms with Gasteiger partial charge >= 0.3 is 0 Å². The highest BCUT2D eigenvalue weighted by molar-refractivity contribution is 4.67. The topological polar surface area (TPSA) is 6.48 Å². The van der Waals surface area contributed by atoms with Gasteiger partial charge in [-0.15, -0.1) is 0 Å². The lowest BCUT2D eigenvalue weighted by Gasteiger charge is -2.20. The molecule has 2 heteroatoms. The van der Waals surface area contributed by atoms with Gasteiger partial charge in [-0.3, -0.25) is 0 Å². The molecule has 2 aliphatic heterocycles. The monoisotopic (exact) mass is 254 g/mol. The van der Waals surface area contributed by atoms with E-state index in [1.165, 1.54) is 64.5 Å². The minimum Gasteiger partial charge on any atom is -0.304 e. The summed E-state index contributed by atoms with van der Waals surface area (Å²) >= 11 is 0. The zero-order chi connectivity index (χ0) is 13.4. The van der Waals surface area contributed by atoms with Gasteiger partial charge in [0.05, 0.1) is 0 Å². The van der Waals surface area contributed by atoms with E-state index in [0.29, 0.717) is 0 Å². The number of hydrogen-bond donors (Lipinski definition) is 0. The third-order valence-corrected chi connectivity index (χ3v) is 4.77. The van der Waals surface area contributed by atoms with Crippen molar-refractivity contribution in [1.82, 2.24) is 9.80 Å². The number of likely N-dealkylation sites (tertiary alicyclic amines) is 2. The van der Waals surface area contributed by atoms with E-state index in [0.717, 1.165) is 12.1 Å². The minimum atomic E-state index is 0.826. The predicted molar refractivity (Wildman–Crippen MR) is 81.1 cm³/mol. The Morgan fingerprint density at radius 2 is 1.00 bits per heavy atom. The van der Waals surface area contributed by atoms with Gasteiger partial charge in [0.2, 0.25) is 0 Å². The second-order valence-corrected chi connectivity index (χ2v) is 6.36. The van der Waals surface area contributed by atoms with E-state index in [1.807, 2.05) is 0 Å². The molecule has 2 rings (SSSR count). The van der Waals surface area contributed by atoms with Crippen LogP contribution < -0.4 is 0 Å². The summed E-state index contributed by atoms with van der Waals surface area (Å²) in [4.78, 5) is 4.93. The molecule has 2 aliphatic rings. The second kappa shape index (κ2) is 8.92. The highest BCUT2D eigenvalue weighted by Crippen LogP contribution is 2.14. The van der Waals surface area contributed by atoms with Crippen molar-refractivity contribution in [2.75, 3.05) is 27.2 Å². The van der Waals surface area contributed by atoms with Crippen LogP contribution in [-0.2, 0) is 0 Å². The Hall–Kier alpha value is -0.0800. The normalized spacial score (nSPS) is 32.0. The van der Waals surface area contributed by atoms with Crippen LogP contribution in [0.25, 0.3) is 0 Å². The molecule has 2 unspecified atom stereocenters. The lowest BCUT2D eigenvalue weighted by Crippen LogP contribution is -2.27. The van der Waals surface area contributed by atoms with Gasteiger partial charge in [0, 0.05) is 12.1 Å². The highest BCUT2D eigenvalue weighted by Gasteiger charge is 2.11. The molecule has 2 fully saturated rings. The van der Waals surface area contributed by atoms with Crippen LogP contribution in [0.1, 0.15) is 65.2 Å². The first kappa shape index (κ1) is 16.0. The van der Waals surface area contributed by atoms with Crippen LogP contribution in [0.4, 0.5) is 0 Å². The molecule has 0 spiro atoms. The van der Waals surface area contributed by atoms with Gasteiger partial charge < -0.3 is 9.80 Å². The summed E-state index contributed by atoms with van der Waals surface area (Å²) in [5.41, 5.74) is 0. The predicted octanol–water partition coefficient (Wildman–Crippen LogP) is 3.76. The van der Waals surface area contributed by atoms with Crippen molar-refractivity contribution in [3.05, 3.63) is 0 Å². The lowest BCUT2D eigenvalue weighted by atomic mass is 10.1. The van der Waals surface area contributed by atoms with E-state index in [1.54, 1.807) is 0 Å². The van der Waals surface area contributed by atoms with Crippen LogP contribution in [0.15, 0.2) is 0 Å². The maximum Gasteiger partial charge on any atom is 0.00638 e. The Morgan fingerprint density at radius 3 is 1.39 bits per heavy atom. The molecule has 0 aliphatic carbocycles. The van der Waals surface area contributed by atoms with Crippen LogP contribution in [0.5, 0.6) is 0 Å². The Bertz CT molecular complexity index is 163. The summed E-state index contributed by atoms with van der Waals surface area (Å²) in [7, 11) is 4.46. The fourth-order valence-electron chi connectivity index (χ4n) is 2.84. The molecule has 0 N–H and O–H groups in total. The molecular formula is C16H34N2. The molecule has 2 saturated heterocycles. The SMILES string of the molecule is CC1CCCCCN1C.CC1CCCCCN1C. The van der Waals surface area contributed by atoms with Gasteiger partial charge in [-0.05, 0) is 66.7 Å². The number of rotatable bonds is 0. The van der Waals surface area contributed by atoms with E-state index < -0.39 is 0 Å². The summed E-state index contributed by atoms with van der Waals surface area (Å²) in [6, 6.07) is 1.65. The Balaban J connectivity index is 0.000000180. The molecular weight excluding hydrogens is 220 g/mol. The van der Waals surface area contributed by atoms with Crippen molar-refractivity contribution < 1.29 is 0 Å². The molecule has 0 aromatic carbocycles. The van der Waals surface area contributed by atoms with Crippen LogP contribution >= 0.6 is 0 Å². The van der Waals surface area contributed by atoms with Crippen LogP contribution in [0.3, 0.4) is 0 Å². The van der Waals surface area contributed by atoms with Gasteiger partial charge in [-0.2, -0.15) is 0 Å². The quantitative estimate of drug-likeness (QED) is 0.649. The molecule has 2 atom stereocenters. The van der Waals surface area contributed by atoms with Crippen molar-refractivity contribution >= 4 is 0 Å². The van der Waals surface area contributed by atoms with Crippen molar-refractivity contribution in [3.63, 3.8) is 0 Å². The Morgan fingerprint density at radius 1 is 0.611 bits per heavy atom. The molecule has 18 heavy (non-hydrogen) atoms. The van der Waals surface area contributed by atoms with E-state index in [4.69, 9.17) is 0 Å². The van der Waals surface area contributed by atoms with Gasteiger partial charge in [0.1, 0.15) is 0 Å². The molecule has 2 nitrogen and oxygen atoms in total. The fraction of sp³-hybridized carbons (Fsp3) is 1.00. The van der Waals surface area contributed by atoms with Crippen molar-refractivity contribution in [2.24, 2.45) is 0 Å². The van der Waals surface area contributed by atoms with Crippen LogP contribution in [0, 0.1) is 0 Å². The molecule has 0 bridgehead atoms. The summed E-state index contributed by atoms with van der Waals surface area (Å²) in [6.45, 7) is 7.26. The fourth-order valence-corrected chi connectivity index (χ4v) is 2.84. The van der Waals surface area contributed by atoms with Crippen molar-refractivity contribution in [3.8, 4) is 0 Å². The molecule has 2 heterocycles. The molecule has 0 aromatic heterocycles. The first-order valence-electron chi connectivity index (χ1n) is 8.01. The first-order chi connectivity index (χ1) is 8.61. The third kappa shape index (κ3) is 6.19. The second-order valence-electron chi connectivity index (χ2n) is 6.36. The van der Waals surface area contributed by atoms with Crippen molar-refractivity contribution in [1.29, 1.82) is 0 Å². The van der Waals surface area contributed by atoms with Gasteiger partial charge in [0.25, 0.3) is 0 Å². The van der Waals surface area contributed by atoms with Gasteiger partial charge in [-0.1, -0.05) is 25.7 Å². The average Bonchev–Trinajstić information content (AvgIpc) is 2.65. The largest absolute Gasteiger partial charge is 0.304 e. The lowest BCUT2D eigenvalue weighted by molar-refractivity contribution is 0.264. The zero-order valence-electron chi connectivity index (χ0n) is 13.1. The zero-order valence-corrected chi connectivity index (χ0v) is 13.1. The summed E-state index contributed by atoms with van der Waals surface area (Å²) in [5.74, 6) is 0. The number of nitrogens with zero attached hydrogens (tertiary/aromatic N) is 2. The molecule has 0 saturated carbocycles. The van der Waals surface area contributed by atoms with E-state index in [2.05, 4.69) is 37.7 Å². The average molecular weight is 254 g/mol.